The van der Waals surface area contributed by atoms with Crippen molar-refractivity contribution in [2.45, 2.75) is 44.5 Å². The van der Waals surface area contributed by atoms with Crippen molar-refractivity contribution in [3.63, 3.8) is 0 Å². The van der Waals surface area contributed by atoms with Crippen LogP contribution in [0.25, 0.3) is 0 Å². The Labute approximate surface area is 142 Å². The van der Waals surface area contributed by atoms with Crippen LogP contribution < -0.4 is 22.1 Å². The number of hydrogen-bond acceptors (Lipinski definition) is 9. The van der Waals surface area contributed by atoms with Crippen molar-refractivity contribution in [1.29, 1.82) is 0 Å². The molecule has 4 atom stereocenters. The fourth-order valence-electron chi connectivity index (χ4n) is 1.93. The zero-order chi connectivity index (χ0) is 19.1. The number of urea groups is 1. The van der Waals surface area contributed by atoms with Gasteiger partial charge in [-0.15, -0.1) is 0 Å². The maximum absolute atomic E-state index is 12.0. The quantitative estimate of drug-likeness (QED) is 0.278. The summed E-state index contributed by atoms with van der Waals surface area (Å²) in [5, 5.41) is 26.7. The fraction of sp³-hybridized carbons (Fsp3) is 0.615. The third kappa shape index (κ3) is 6.10. The van der Waals surface area contributed by atoms with Gasteiger partial charge in [0.15, 0.2) is 11.6 Å². The minimum atomic E-state index is -1.13. The number of aromatic nitrogens is 2. The van der Waals surface area contributed by atoms with E-state index in [2.05, 4.69) is 20.8 Å². The number of rotatable bonds is 9. The number of carbonyl (C=O) groups excluding carboxylic acids is 3. The Kier molecular flexibility index (Phi) is 7.42. The topological polar surface area (TPSA) is 207 Å². The van der Waals surface area contributed by atoms with Crippen LogP contribution in [0.2, 0.25) is 0 Å². The first kappa shape index (κ1) is 20.5. The predicted molar refractivity (Wildman–Crippen MR) is 82.7 cm³/mol. The van der Waals surface area contributed by atoms with E-state index in [4.69, 9.17) is 21.1 Å². The van der Waals surface area contributed by atoms with Crippen molar-refractivity contribution in [3.8, 4) is 0 Å². The molecule has 0 fully saturated rings. The third-order valence-corrected chi connectivity index (χ3v) is 3.20. The number of Topliss-reactive ketones (excluding diaryl/α,β-unsaturated/α-hetero) is 1. The van der Waals surface area contributed by atoms with Gasteiger partial charge in [0.1, 0.15) is 12.1 Å². The van der Waals surface area contributed by atoms with Crippen LogP contribution in [0.15, 0.2) is 4.52 Å². The molecule has 12 heteroatoms. The van der Waals surface area contributed by atoms with Gasteiger partial charge in [-0.2, -0.15) is 4.98 Å². The predicted octanol–water partition coefficient (Wildman–Crippen LogP) is -2.38. The summed E-state index contributed by atoms with van der Waals surface area (Å²) in [6.45, 7) is 2.12. The van der Waals surface area contributed by atoms with Crippen molar-refractivity contribution in [3.05, 3.63) is 11.7 Å². The summed E-state index contributed by atoms with van der Waals surface area (Å²) in [6, 6.07) is -3.95. The molecule has 12 nitrogen and oxygen atoms in total. The number of hydrogen-bond donors (Lipinski definition) is 6. The number of nitrogens with one attached hydrogen (secondary N) is 2. The highest BCUT2D eigenvalue weighted by atomic mass is 16.5. The number of carbonyl (C=O) groups is 3. The first-order chi connectivity index (χ1) is 11.6. The van der Waals surface area contributed by atoms with Gasteiger partial charge in [-0.05, 0) is 13.8 Å². The molecule has 1 unspecified atom stereocenters. The number of ketones is 1. The second kappa shape index (κ2) is 9.05. The lowest BCUT2D eigenvalue weighted by molar-refractivity contribution is -0.121. The van der Waals surface area contributed by atoms with Crippen LogP contribution >= 0.6 is 0 Å². The van der Waals surface area contributed by atoms with Crippen molar-refractivity contribution in [1.82, 2.24) is 20.8 Å². The number of aliphatic hydroxyl groups excluding tert-OH is 2. The lowest BCUT2D eigenvalue weighted by Gasteiger charge is -2.20. The summed E-state index contributed by atoms with van der Waals surface area (Å²) in [5.41, 5.74) is 10.7. The molecular formula is C13H22N6O6. The third-order valence-electron chi connectivity index (χ3n) is 3.20. The molecule has 0 bridgehead atoms. The van der Waals surface area contributed by atoms with Gasteiger partial charge in [0.25, 0.3) is 0 Å². The van der Waals surface area contributed by atoms with Crippen molar-refractivity contribution in [2.24, 2.45) is 11.5 Å². The van der Waals surface area contributed by atoms with Gasteiger partial charge in [-0.25, -0.2) is 4.79 Å². The first-order valence-electron chi connectivity index (χ1n) is 7.39. The Balaban J connectivity index is 2.89. The van der Waals surface area contributed by atoms with E-state index in [1.165, 1.54) is 13.8 Å². The van der Waals surface area contributed by atoms with E-state index < -0.39 is 48.6 Å². The normalized spacial score (nSPS) is 15.7. The molecule has 0 aliphatic heterocycles. The maximum atomic E-state index is 12.0. The summed E-state index contributed by atoms with van der Waals surface area (Å²) >= 11 is 0. The van der Waals surface area contributed by atoms with E-state index in [0.717, 1.165) is 0 Å². The number of primary amides is 1. The van der Waals surface area contributed by atoms with Gasteiger partial charge in [0.2, 0.25) is 11.8 Å². The van der Waals surface area contributed by atoms with Crippen LogP contribution in [0.1, 0.15) is 44.1 Å². The van der Waals surface area contributed by atoms with E-state index in [-0.39, 0.29) is 18.1 Å². The Morgan fingerprint density at radius 1 is 1.32 bits per heavy atom. The monoisotopic (exact) mass is 358 g/mol. The van der Waals surface area contributed by atoms with Gasteiger partial charge in [-0.3, -0.25) is 9.59 Å². The van der Waals surface area contributed by atoms with Crippen LogP contribution in [-0.2, 0) is 9.59 Å². The van der Waals surface area contributed by atoms with Crippen molar-refractivity contribution >= 4 is 17.7 Å². The Morgan fingerprint density at radius 3 is 2.44 bits per heavy atom. The van der Waals surface area contributed by atoms with Crippen LogP contribution in [0, 0.1) is 0 Å². The van der Waals surface area contributed by atoms with Crippen LogP contribution in [0.3, 0.4) is 0 Å². The van der Waals surface area contributed by atoms with Gasteiger partial charge in [-0.1, -0.05) is 5.16 Å². The second-order valence-corrected chi connectivity index (χ2v) is 5.45. The summed E-state index contributed by atoms with van der Waals surface area (Å²) in [4.78, 5) is 38.6. The molecule has 1 aromatic rings. The molecule has 1 heterocycles. The van der Waals surface area contributed by atoms with E-state index >= 15 is 0 Å². The highest BCUT2D eigenvalue weighted by molar-refractivity contribution is 5.87. The number of aliphatic hydroxyl groups is 2. The number of nitrogens with zero attached hydrogens (tertiary/aromatic N) is 2. The zero-order valence-corrected chi connectivity index (χ0v) is 13.8. The molecule has 0 spiro atoms. The summed E-state index contributed by atoms with van der Waals surface area (Å²) < 4.78 is 4.93. The molecule has 0 radical (unpaired) electrons. The van der Waals surface area contributed by atoms with Gasteiger partial charge in [0, 0.05) is 0 Å². The molecular weight excluding hydrogens is 336 g/mol. The van der Waals surface area contributed by atoms with Crippen LogP contribution in [-0.4, -0.2) is 56.8 Å². The standard InChI is InChI=1S/C13H22N6O6/c1-5(21)10(6(2)22)17-13(24)16-8(3-9(15)23)12-18-11(19-25-12)7(14)4-20/h5,7-8,10,20-21H,3-4,14H2,1-2H3,(H2,15,23)(H2,16,17,24)/t5?,7-,8+,10+/m0/s1. The Hall–Kier alpha value is -2.57. The Morgan fingerprint density at radius 2 is 1.96 bits per heavy atom. The van der Waals surface area contributed by atoms with Crippen LogP contribution in [0.4, 0.5) is 4.79 Å². The molecule has 3 amide bonds. The lowest BCUT2D eigenvalue weighted by atomic mass is 10.1. The average molecular weight is 358 g/mol. The van der Waals surface area contributed by atoms with E-state index in [1.54, 1.807) is 0 Å². The average Bonchev–Trinajstić information content (AvgIpc) is 3.00. The fourth-order valence-corrected chi connectivity index (χ4v) is 1.93. The number of amides is 3. The highest BCUT2D eigenvalue weighted by Gasteiger charge is 2.27. The molecule has 25 heavy (non-hydrogen) atoms. The molecule has 0 aliphatic rings. The van der Waals surface area contributed by atoms with Crippen molar-refractivity contribution < 1.29 is 29.1 Å². The molecule has 8 N–H and O–H groups in total. The van der Waals surface area contributed by atoms with Gasteiger partial charge >= 0.3 is 6.03 Å². The summed E-state index contributed by atoms with van der Waals surface area (Å²) in [6.07, 6.45) is -1.47. The largest absolute Gasteiger partial charge is 0.394 e. The molecule has 1 rings (SSSR count). The van der Waals surface area contributed by atoms with Crippen LogP contribution in [0.5, 0.6) is 0 Å². The summed E-state index contributed by atoms with van der Waals surface area (Å²) in [5.74, 6) is -1.37. The molecule has 0 aliphatic carbocycles. The van der Waals surface area contributed by atoms with E-state index in [9.17, 15) is 19.5 Å². The highest BCUT2D eigenvalue weighted by Crippen LogP contribution is 2.16. The van der Waals surface area contributed by atoms with E-state index in [1.807, 2.05) is 0 Å². The SMILES string of the molecule is CC(=O)[C@H](NC(=O)N[C@H](CC(N)=O)c1nc([C@@H](N)CO)no1)C(C)O. The van der Waals surface area contributed by atoms with Gasteiger partial charge < -0.3 is 36.8 Å². The zero-order valence-electron chi connectivity index (χ0n) is 13.8. The van der Waals surface area contributed by atoms with Crippen molar-refractivity contribution in [2.75, 3.05) is 6.61 Å². The second-order valence-electron chi connectivity index (χ2n) is 5.45. The van der Waals surface area contributed by atoms with Gasteiger partial charge in [0.05, 0.1) is 25.2 Å². The smallest absolute Gasteiger partial charge is 0.316 e. The minimum absolute atomic E-state index is 0.0141. The first-order valence-corrected chi connectivity index (χ1v) is 7.39. The maximum Gasteiger partial charge on any atom is 0.316 e. The molecule has 1 aromatic heterocycles. The molecule has 0 aromatic carbocycles. The molecule has 0 saturated heterocycles. The Bertz CT molecular complexity index is 618. The molecule has 0 saturated carbocycles. The lowest BCUT2D eigenvalue weighted by Crippen LogP contribution is -2.51. The summed E-state index contributed by atoms with van der Waals surface area (Å²) in [7, 11) is 0. The minimum Gasteiger partial charge on any atom is -0.394 e. The molecule has 140 valence electrons. The van der Waals surface area contributed by atoms with E-state index in [0.29, 0.717) is 0 Å². The number of nitrogens with two attached hydrogens (primary N) is 2.